The SMILES string of the molecule is CC(C)(C)c1ccc([Si](OCCc2cc([N+](=O)[O-])ccc2OC(=O)Oc2ccc([N+](=O)[O-])cc2CCO[Si](c2ccccc2)c2ccc(C(C)(C)C)cc2)c2ccccc2)cc1. The number of ether oxygens (including phenoxy) is 2. The van der Waals surface area contributed by atoms with Gasteiger partial charge < -0.3 is 18.3 Å². The molecular formula is C49H50N2O9Si2. The van der Waals surface area contributed by atoms with E-state index in [4.69, 9.17) is 18.3 Å². The Morgan fingerprint density at radius 3 is 1.16 bits per heavy atom. The third kappa shape index (κ3) is 12.0. The van der Waals surface area contributed by atoms with Gasteiger partial charge in [0.1, 0.15) is 11.5 Å². The quantitative estimate of drug-likeness (QED) is 0.0309. The molecule has 0 aromatic heterocycles. The molecule has 6 aromatic rings. The minimum absolute atomic E-state index is 0.0139. The van der Waals surface area contributed by atoms with Gasteiger partial charge in [0.25, 0.3) is 29.5 Å². The van der Waals surface area contributed by atoms with Crippen LogP contribution in [0.3, 0.4) is 0 Å². The normalized spacial score (nSPS) is 11.7. The van der Waals surface area contributed by atoms with E-state index in [2.05, 4.69) is 90.1 Å². The lowest BCUT2D eigenvalue weighted by Crippen LogP contribution is -2.45. The van der Waals surface area contributed by atoms with Gasteiger partial charge in [0.2, 0.25) is 0 Å². The number of non-ortho nitro benzene ring substituents is 2. The molecule has 0 N–H and O–H groups in total. The summed E-state index contributed by atoms with van der Waals surface area (Å²) in [6.45, 7) is 13.3. The molecule has 0 saturated heterocycles. The van der Waals surface area contributed by atoms with Crippen LogP contribution in [0.25, 0.3) is 0 Å². The second kappa shape index (κ2) is 20.1. The van der Waals surface area contributed by atoms with Gasteiger partial charge in [-0.3, -0.25) is 20.2 Å². The van der Waals surface area contributed by atoms with E-state index in [1.807, 2.05) is 60.7 Å². The number of hydrogen-bond donors (Lipinski definition) is 0. The van der Waals surface area contributed by atoms with Gasteiger partial charge in [-0.1, -0.05) is 151 Å². The second-order valence-corrected chi connectivity index (χ2v) is 21.0. The Bertz CT molecular complexity index is 2300. The molecule has 11 nitrogen and oxygen atoms in total. The van der Waals surface area contributed by atoms with E-state index in [0.717, 1.165) is 20.7 Å². The van der Waals surface area contributed by atoms with Crippen molar-refractivity contribution in [3.8, 4) is 11.5 Å². The summed E-state index contributed by atoms with van der Waals surface area (Å²) < 4.78 is 24.5. The highest BCUT2D eigenvalue weighted by Gasteiger charge is 2.25. The molecule has 0 aliphatic rings. The zero-order valence-electron chi connectivity index (χ0n) is 35.8. The Balaban J connectivity index is 1.18. The largest absolute Gasteiger partial charge is 0.519 e. The van der Waals surface area contributed by atoms with Crippen molar-refractivity contribution in [3.05, 3.63) is 188 Å². The van der Waals surface area contributed by atoms with Crippen LogP contribution in [0, 0.1) is 20.2 Å². The highest BCUT2D eigenvalue weighted by molar-refractivity contribution is 6.80. The predicted octanol–water partition coefficient (Wildman–Crippen LogP) is 8.41. The first-order chi connectivity index (χ1) is 29.6. The number of nitro benzene ring substituents is 2. The van der Waals surface area contributed by atoms with E-state index in [-0.39, 0.29) is 59.8 Å². The molecule has 0 saturated carbocycles. The van der Waals surface area contributed by atoms with Gasteiger partial charge in [-0.05, 0) is 67.7 Å². The van der Waals surface area contributed by atoms with Crippen LogP contribution in [0.1, 0.15) is 63.8 Å². The molecule has 0 bridgehead atoms. The summed E-state index contributed by atoms with van der Waals surface area (Å²) in [5, 5.41) is 27.8. The number of rotatable bonds is 16. The first-order valence-electron chi connectivity index (χ1n) is 20.3. The lowest BCUT2D eigenvalue weighted by molar-refractivity contribution is -0.385. The van der Waals surface area contributed by atoms with E-state index in [0.29, 0.717) is 11.1 Å². The van der Waals surface area contributed by atoms with E-state index < -0.39 is 34.1 Å². The summed E-state index contributed by atoms with van der Waals surface area (Å²) in [5.74, 6) is 0.123. The van der Waals surface area contributed by atoms with Crippen molar-refractivity contribution in [2.75, 3.05) is 13.2 Å². The topological polar surface area (TPSA) is 140 Å². The fourth-order valence-electron chi connectivity index (χ4n) is 6.76. The molecule has 13 heteroatoms. The molecule has 6 rings (SSSR count). The molecule has 0 aliphatic carbocycles. The molecular weight excluding hydrogens is 817 g/mol. The molecule has 0 atom stereocenters. The summed E-state index contributed by atoms with van der Waals surface area (Å²) in [5.41, 5.74) is 2.77. The van der Waals surface area contributed by atoms with Crippen molar-refractivity contribution in [1.29, 1.82) is 0 Å². The third-order valence-electron chi connectivity index (χ3n) is 10.2. The number of hydrogen-bond acceptors (Lipinski definition) is 9. The van der Waals surface area contributed by atoms with Gasteiger partial charge in [0.15, 0.2) is 0 Å². The predicted molar refractivity (Wildman–Crippen MR) is 245 cm³/mol. The molecule has 318 valence electrons. The summed E-state index contributed by atoms with van der Waals surface area (Å²) in [7, 11) is -3.44. The minimum Gasteiger partial charge on any atom is -0.407 e. The van der Waals surface area contributed by atoms with Crippen molar-refractivity contribution in [1.82, 2.24) is 0 Å². The third-order valence-corrected chi connectivity index (χ3v) is 14.6. The monoisotopic (exact) mass is 866 g/mol. The lowest BCUT2D eigenvalue weighted by atomic mass is 9.87. The van der Waals surface area contributed by atoms with Crippen molar-refractivity contribution in [3.63, 3.8) is 0 Å². The Labute approximate surface area is 366 Å². The van der Waals surface area contributed by atoms with Crippen LogP contribution in [0.15, 0.2) is 146 Å². The number of nitrogens with zero attached hydrogens (tertiary/aromatic N) is 2. The second-order valence-electron chi connectivity index (χ2n) is 16.8. The van der Waals surface area contributed by atoms with Crippen molar-refractivity contribution in [2.24, 2.45) is 0 Å². The lowest BCUT2D eigenvalue weighted by Gasteiger charge is -2.21. The molecule has 6 aromatic carbocycles. The van der Waals surface area contributed by atoms with Crippen LogP contribution in [-0.2, 0) is 32.5 Å². The highest BCUT2D eigenvalue weighted by Crippen LogP contribution is 2.29. The van der Waals surface area contributed by atoms with Crippen LogP contribution < -0.4 is 30.2 Å². The molecule has 0 fully saturated rings. The first-order valence-corrected chi connectivity index (χ1v) is 23.1. The maximum Gasteiger partial charge on any atom is 0.519 e. The summed E-state index contributed by atoms with van der Waals surface area (Å²) in [6, 6.07) is 44.6. The summed E-state index contributed by atoms with van der Waals surface area (Å²) in [4.78, 5) is 36.1. The average Bonchev–Trinajstić information content (AvgIpc) is 3.25. The van der Waals surface area contributed by atoms with Gasteiger partial charge in [-0.15, -0.1) is 0 Å². The van der Waals surface area contributed by atoms with Crippen molar-refractivity contribution < 1.29 is 33.0 Å². The summed E-state index contributed by atoms with van der Waals surface area (Å²) >= 11 is 0. The number of nitro groups is 2. The van der Waals surface area contributed by atoms with Gasteiger partial charge in [-0.2, -0.15) is 0 Å². The molecule has 0 unspecified atom stereocenters. The van der Waals surface area contributed by atoms with E-state index in [9.17, 15) is 25.0 Å². The molecule has 2 radical (unpaired) electrons. The molecule has 0 aliphatic heterocycles. The van der Waals surface area contributed by atoms with Crippen molar-refractivity contribution >= 4 is 56.4 Å². The zero-order valence-corrected chi connectivity index (χ0v) is 37.8. The Hall–Kier alpha value is -6.26. The van der Waals surface area contributed by atoms with Crippen LogP contribution in [0.2, 0.25) is 0 Å². The zero-order chi connectivity index (χ0) is 44.4. The Morgan fingerprint density at radius 2 is 0.839 bits per heavy atom. The van der Waals surface area contributed by atoms with Gasteiger partial charge in [-0.25, -0.2) is 4.79 Å². The average molecular weight is 867 g/mol. The van der Waals surface area contributed by atoms with Gasteiger partial charge in [0, 0.05) is 48.6 Å². The molecule has 0 heterocycles. The molecule has 0 spiro atoms. The maximum absolute atomic E-state index is 13.5. The number of carbonyl (C=O) groups excluding carboxylic acids is 1. The maximum atomic E-state index is 13.5. The van der Waals surface area contributed by atoms with E-state index in [1.165, 1.54) is 47.5 Å². The van der Waals surface area contributed by atoms with Crippen LogP contribution in [-0.4, -0.2) is 47.3 Å². The van der Waals surface area contributed by atoms with Crippen LogP contribution in [0.4, 0.5) is 16.2 Å². The Morgan fingerprint density at radius 1 is 0.500 bits per heavy atom. The molecule has 62 heavy (non-hydrogen) atoms. The molecule has 0 amide bonds. The fraction of sp³-hybridized carbons (Fsp3) is 0.245. The first kappa shape index (κ1) is 45.3. The Kier molecular flexibility index (Phi) is 14.7. The minimum atomic E-state index is -1.72. The summed E-state index contributed by atoms with van der Waals surface area (Å²) in [6.07, 6.45) is -0.732. The van der Waals surface area contributed by atoms with Crippen molar-refractivity contribution in [2.45, 2.75) is 65.2 Å². The number of benzene rings is 6. The highest BCUT2D eigenvalue weighted by atomic mass is 28.3. The van der Waals surface area contributed by atoms with Crippen LogP contribution in [0.5, 0.6) is 11.5 Å². The fourth-order valence-corrected chi connectivity index (χ4v) is 10.6. The standard InChI is InChI=1S/C49H50N2O9Si2/c1-48(2,3)37-17-23-43(24-18-37)61(41-13-9-7-10-14-41)57-31-29-35-33-39(50(53)54)21-27-45(35)59-47(52)60-46-28-22-40(51(55)56)34-36(46)30-32-58-62(42-15-11-8-12-16-42)44-25-19-38(20-26-44)49(4,5)6/h7-28,33-34H,29-32H2,1-6H3. The smallest absolute Gasteiger partial charge is 0.407 e. The number of carbonyl (C=O) groups is 1. The van der Waals surface area contributed by atoms with Gasteiger partial charge in [0.05, 0.1) is 9.85 Å². The van der Waals surface area contributed by atoms with E-state index >= 15 is 0 Å². The van der Waals surface area contributed by atoms with E-state index in [1.54, 1.807) is 0 Å². The van der Waals surface area contributed by atoms with Crippen LogP contribution >= 0.6 is 0 Å². The van der Waals surface area contributed by atoms with Gasteiger partial charge >= 0.3 is 6.16 Å².